The molecule has 0 atom stereocenters. The first-order chi connectivity index (χ1) is 17.2. The quantitative estimate of drug-likeness (QED) is 0.423. The van der Waals surface area contributed by atoms with E-state index in [1.807, 2.05) is 0 Å². The van der Waals surface area contributed by atoms with E-state index in [0.717, 1.165) is 18.7 Å². The van der Waals surface area contributed by atoms with Crippen LogP contribution in [0, 0.1) is 6.92 Å². The predicted molar refractivity (Wildman–Crippen MR) is 144 cm³/mol. The summed E-state index contributed by atoms with van der Waals surface area (Å²) < 4.78 is 29.9. The van der Waals surface area contributed by atoms with Crippen LogP contribution < -0.4 is 20.3 Å². The summed E-state index contributed by atoms with van der Waals surface area (Å²) in [5.41, 5.74) is 2.20. The minimum Gasteiger partial charge on any atom is -0.367 e. The monoisotopic (exact) mass is 511 g/mol. The van der Waals surface area contributed by atoms with Crippen LogP contribution >= 0.6 is 0 Å². The Balaban J connectivity index is 2.07. The molecule has 0 radical (unpaired) electrons. The molecule has 2 aromatic carbocycles. The van der Waals surface area contributed by atoms with Crippen molar-refractivity contribution in [2.75, 3.05) is 54.2 Å². The molecule has 0 unspecified atom stereocenters. The predicted octanol–water partition coefficient (Wildman–Crippen LogP) is 2.98. The van der Waals surface area contributed by atoms with Gasteiger partial charge < -0.3 is 20.4 Å². The van der Waals surface area contributed by atoms with Crippen LogP contribution in [0.25, 0.3) is 0 Å². The number of aryl methyl sites for hydroxylation is 1. The standard InChI is InChI=1S/C26H33N5O4S/c1-5-13-31(14-6-2)26(33)21-8-10-24(30-15-11-27-12-16-30)23(18-21)29-36(34,35)25-17-19(3)7-9-22(25)28-20(4)32/h5-10,17-18,27,29H,1-2,11-16H2,3-4H3,(H,28,32). The molecule has 0 bridgehead atoms. The second kappa shape index (κ2) is 11.9. The van der Waals surface area contributed by atoms with Crippen molar-refractivity contribution in [1.29, 1.82) is 0 Å². The largest absolute Gasteiger partial charge is 0.367 e. The van der Waals surface area contributed by atoms with Crippen LogP contribution in [0.4, 0.5) is 17.1 Å². The average molecular weight is 512 g/mol. The van der Waals surface area contributed by atoms with Crippen LogP contribution in [0.15, 0.2) is 66.6 Å². The molecule has 3 rings (SSSR count). The highest BCUT2D eigenvalue weighted by Gasteiger charge is 2.25. The van der Waals surface area contributed by atoms with Gasteiger partial charge in [0.1, 0.15) is 4.90 Å². The lowest BCUT2D eigenvalue weighted by Gasteiger charge is -2.31. The van der Waals surface area contributed by atoms with E-state index in [2.05, 4.69) is 33.4 Å². The van der Waals surface area contributed by atoms with Crippen molar-refractivity contribution in [3.8, 4) is 0 Å². The Morgan fingerprint density at radius 1 is 1.06 bits per heavy atom. The number of carbonyl (C=O) groups is 2. The number of piperazine rings is 1. The fourth-order valence-corrected chi connectivity index (χ4v) is 5.32. The molecular weight excluding hydrogens is 478 g/mol. The number of hydrogen-bond donors (Lipinski definition) is 3. The van der Waals surface area contributed by atoms with Gasteiger partial charge in [0.15, 0.2) is 0 Å². The van der Waals surface area contributed by atoms with Crippen molar-refractivity contribution in [3.05, 3.63) is 72.8 Å². The van der Waals surface area contributed by atoms with Gasteiger partial charge in [-0.1, -0.05) is 18.2 Å². The van der Waals surface area contributed by atoms with Crippen molar-refractivity contribution in [2.45, 2.75) is 18.7 Å². The molecule has 2 amide bonds. The number of nitrogens with one attached hydrogen (secondary N) is 3. The summed E-state index contributed by atoms with van der Waals surface area (Å²) >= 11 is 0. The Kier molecular flexibility index (Phi) is 8.89. The Morgan fingerprint density at radius 3 is 2.33 bits per heavy atom. The molecule has 1 aliphatic rings. The van der Waals surface area contributed by atoms with E-state index in [-0.39, 0.29) is 28.1 Å². The van der Waals surface area contributed by atoms with Crippen molar-refractivity contribution in [1.82, 2.24) is 10.2 Å². The lowest BCUT2D eigenvalue weighted by molar-refractivity contribution is -0.114. The van der Waals surface area contributed by atoms with Crippen LogP contribution in [0.3, 0.4) is 0 Å². The highest BCUT2D eigenvalue weighted by Crippen LogP contribution is 2.32. The SMILES string of the molecule is C=CCN(CC=C)C(=O)c1ccc(N2CCNCC2)c(NS(=O)(=O)c2cc(C)ccc2NC(C)=O)c1. The first-order valence-electron chi connectivity index (χ1n) is 11.7. The first kappa shape index (κ1) is 27.0. The lowest BCUT2D eigenvalue weighted by atomic mass is 10.1. The molecule has 36 heavy (non-hydrogen) atoms. The average Bonchev–Trinajstić information content (AvgIpc) is 2.84. The molecule has 1 aliphatic heterocycles. The molecule has 1 heterocycles. The fraction of sp³-hybridized carbons (Fsp3) is 0.308. The summed E-state index contributed by atoms with van der Waals surface area (Å²) in [6.07, 6.45) is 3.25. The second-order valence-electron chi connectivity index (χ2n) is 8.54. The Bertz CT molecular complexity index is 1240. The third-order valence-electron chi connectivity index (χ3n) is 5.67. The van der Waals surface area contributed by atoms with E-state index in [1.165, 1.54) is 13.0 Å². The number of benzene rings is 2. The minimum atomic E-state index is -4.12. The maximum atomic E-state index is 13.6. The molecule has 3 N–H and O–H groups in total. The molecule has 192 valence electrons. The van der Waals surface area contributed by atoms with Crippen molar-refractivity contribution >= 4 is 38.9 Å². The Morgan fingerprint density at radius 2 is 1.72 bits per heavy atom. The van der Waals surface area contributed by atoms with Gasteiger partial charge in [0, 0.05) is 51.8 Å². The van der Waals surface area contributed by atoms with Gasteiger partial charge >= 0.3 is 0 Å². The minimum absolute atomic E-state index is 0.0550. The number of anilines is 3. The van der Waals surface area contributed by atoms with Gasteiger partial charge in [-0.3, -0.25) is 14.3 Å². The molecule has 0 spiro atoms. The third kappa shape index (κ3) is 6.52. The maximum Gasteiger partial charge on any atom is 0.264 e. The smallest absolute Gasteiger partial charge is 0.264 e. The zero-order chi connectivity index (χ0) is 26.3. The number of hydrogen-bond acceptors (Lipinski definition) is 6. The molecule has 2 aromatic rings. The van der Waals surface area contributed by atoms with Gasteiger partial charge in [-0.05, 0) is 42.8 Å². The second-order valence-corrected chi connectivity index (χ2v) is 10.2. The van der Waals surface area contributed by atoms with Gasteiger partial charge in [-0.25, -0.2) is 8.42 Å². The zero-order valence-corrected chi connectivity index (χ0v) is 21.5. The van der Waals surface area contributed by atoms with Gasteiger partial charge in [0.25, 0.3) is 15.9 Å². The number of sulfonamides is 1. The summed E-state index contributed by atoms with van der Waals surface area (Å²) in [5, 5.41) is 5.87. The van der Waals surface area contributed by atoms with E-state index in [9.17, 15) is 18.0 Å². The fourth-order valence-electron chi connectivity index (χ4n) is 4.01. The number of amides is 2. The number of nitrogens with zero attached hydrogens (tertiary/aromatic N) is 2. The molecule has 1 fully saturated rings. The summed E-state index contributed by atoms with van der Waals surface area (Å²) in [4.78, 5) is 28.5. The maximum absolute atomic E-state index is 13.6. The topological polar surface area (TPSA) is 111 Å². The van der Waals surface area contributed by atoms with Gasteiger partial charge in [-0.2, -0.15) is 0 Å². The van der Waals surface area contributed by atoms with Crippen LogP contribution in [-0.4, -0.2) is 64.4 Å². The Hall–Kier alpha value is -3.63. The molecule has 0 aliphatic carbocycles. The number of carbonyl (C=O) groups excluding carboxylic acids is 2. The lowest BCUT2D eigenvalue weighted by Crippen LogP contribution is -2.43. The molecule has 1 saturated heterocycles. The van der Waals surface area contributed by atoms with Gasteiger partial charge in [-0.15, -0.1) is 13.2 Å². The third-order valence-corrected chi connectivity index (χ3v) is 7.07. The summed E-state index contributed by atoms with van der Waals surface area (Å²) in [5.74, 6) is -0.648. The molecular formula is C26H33N5O4S. The van der Waals surface area contributed by atoms with Crippen LogP contribution in [0.2, 0.25) is 0 Å². The number of rotatable bonds is 10. The van der Waals surface area contributed by atoms with Crippen molar-refractivity contribution in [2.24, 2.45) is 0 Å². The van der Waals surface area contributed by atoms with E-state index < -0.39 is 10.0 Å². The van der Waals surface area contributed by atoms with E-state index in [0.29, 0.717) is 37.4 Å². The molecule has 10 heteroatoms. The zero-order valence-electron chi connectivity index (χ0n) is 20.7. The Labute approximate surface area is 212 Å². The van der Waals surface area contributed by atoms with Gasteiger partial charge in [0.2, 0.25) is 5.91 Å². The summed E-state index contributed by atoms with van der Waals surface area (Å²) in [6, 6.07) is 9.81. The van der Waals surface area contributed by atoms with Crippen LogP contribution in [0.5, 0.6) is 0 Å². The first-order valence-corrected chi connectivity index (χ1v) is 13.2. The highest BCUT2D eigenvalue weighted by atomic mass is 32.2. The molecule has 0 aromatic heterocycles. The van der Waals surface area contributed by atoms with Crippen LogP contribution in [0.1, 0.15) is 22.8 Å². The summed E-state index contributed by atoms with van der Waals surface area (Å²) in [7, 11) is -4.12. The van der Waals surface area contributed by atoms with Crippen molar-refractivity contribution in [3.63, 3.8) is 0 Å². The van der Waals surface area contributed by atoms with E-state index >= 15 is 0 Å². The van der Waals surface area contributed by atoms with E-state index in [4.69, 9.17) is 0 Å². The molecule has 9 nitrogen and oxygen atoms in total. The summed E-state index contributed by atoms with van der Waals surface area (Å²) in [6.45, 7) is 14.0. The molecule has 0 saturated carbocycles. The van der Waals surface area contributed by atoms with E-state index in [1.54, 1.807) is 54.3 Å². The van der Waals surface area contributed by atoms with Gasteiger partial charge in [0.05, 0.1) is 17.1 Å². The van der Waals surface area contributed by atoms with Crippen LogP contribution in [-0.2, 0) is 14.8 Å². The van der Waals surface area contributed by atoms with Crippen molar-refractivity contribution < 1.29 is 18.0 Å². The highest BCUT2D eigenvalue weighted by molar-refractivity contribution is 7.93. The normalized spacial score (nSPS) is 13.6.